The zero-order valence-electron chi connectivity index (χ0n) is 7.07. The summed E-state index contributed by atoms with van der Waals surface area (Å²) in [7, 11) is 0. The van der Waals surface area contributed by atoms with E-state index in [1.807, 2.05) is 32.5 Å². The Morgan fingerprint density at radius 3 is 1.46 bits per heavy atom. The number of carbonyl (C=O) groups excluding carboxylic acids is 3. The maximum absolute atomic E-state index is 8.00. The third-order valence-corrected chi connectivity index (χ3v) is 0.586. The Kier molecular flexibility index (Phi) is 138. The van der Waals surface area contributed by atoms with E-state index in [4.69, 9.17) is 14.4 Å². The van der Waals surface area contributed by atoms with Gasteiger partial charge in [0.05, 0.1) is 0 Å². The van der Waals surface area contributed by atoms with E-state index in [1.165, 1.54) is 0 Å². The van der Waals surface area contributed by atoms with E-state index < -0.39 is 0 Å². The van der Waals surface area contributed by atoms with Crippen molar-refractivity contribution in [1.29, 1.82) is 0 Å². The van der Waals surface area contributed by atoms with Gasteiger partial charge >= 0.3 is 21.1 Å². The minimum atomic E-state index is 0. The molecule has 0 saturated carbocycles. The molecule has 5 heteroatoms. The molecular weight excluding hydrogens is 320 g/mol. The fourth-order valence-corrected chi connectivity index (χ4v) is 0.340. The Balaban J connectivity index is -0.0000000239. The Hall–Kier alpha value is -0.342. The Bertz CT molecular complexity index is 103. The number of halogens is 1. The zero-order chi connectivity index (χ0) is 9.54. The molecule has 0 N–H and O–H groups in total. The normalized spacial score (nSPS) is 7.69. The molecule has 0 unspecified atom stereocenters. The maximum Gasteiger partial charge on any atom is 2.00 e. The van der Waals surface area contributed by atoms with Gasteiger partial charge in [0.15, 0.2) is 0 Å². The molecule has 0 fully saturated rings. The summed E-state index contributed by atoms with van der Waals surface area (Å²) in [5.41, 5.74) is 0. The molecule has 0 bridgehead atoms. The molecule has 0 spiro atoms. The predicted octanol–water partition coefficient (Wildman–Crippen LogP) is -2.25. The molecule has 1 aliphatic rings. The summed E-state index contributed by atoms with van der Waals surface area (Å²) in [6.07, 6.45) is 10.0. The Morgan fingerprint density at radius 1 is 1.00 bits per heavy atom. The largest absolute Gasteiger partial charge is 2.00 e. The summed E-state index contributed by atoms with van der Waals surface area (Å²) in [6, 6.07) is 0. The molecule has 0 atom stereocenters. The molecule has 0 saturated heterocycles. The second-order valence-corrected chi connectivity index (χ2v) is 1.00. The van der Waals surface area contributed by atoms with Gasteiger partial charge in [0.2, 0.25) is 0 Å². The Morgan fingerprint density at radius 2 is 1.38 bits per heavy atom. The van der Waals surface area contributed by atoms with Gasteiger partial charge in [0.25, 0.3) is 0 Å². The van der Waals surface area contributed by atoms with Crippen molar-refractivity contribution in [2.24, 2.45) is 0 Å². The van der Waals surface area contributed by atoms with Crippen LogP contribution in [0.3, 0.4) is 0 Å². The quantitative estimate of drug-likeness (QED) is 0.372. The molecule has 0 radical (unpaired) electrons. The van der Waals surface area contributed by atoms with E-state index >= 15 is 0 Å². The molecule has 0 aromatic rings. The van der Waals surface area contributed by atoms with Crippen LogP contribution in [0.15, 0.2) is 18.2 Å². The Labute approximate surface area is 103 Å². The fourth-order valence-electron chi connectivity index (χ4n) is 0.340. The molecule has 13 heavy (non-hydrogen) atoms. The monoisotopic (exact) mass is 332 g/mol. The van der Waals surface area contributed by atoms with Crippen LogP contribution in [-0.2, 0) is 35.4 Å². The van der Waals surface area contributed by atoms with Crippen molar-refractivity contribution in [3.05, 3.63) is 24.3 Å². The van der Waals surface area contributed by atoms with Crippen LogP contribution in [0, 0.1) is 6.08 Å². The van der Waals surface area contributed by atoms with Crippen LogP contribution in [0.4, 0.5) is 0 Å². The van der Waals surface area contributed by atoms with E-state index in [2.05, 4.69) is 12.2 Å². The third kappa shape index (κ3) is 50.1. The second kappa shape index (κ2) is 61.0. The molecule has 0 amide bonds. The number of allylic oxidation sites excluding steroid dienone is 4. The summed E-state index contributed by atoms with van der Waals surface area (Å²) < 4.78 is 0. The maximum atomic E-state index is 8.00. The topological polar surface area (TPSA) is 51.2 Å². The molecule has 1 aliphatic carbocycles. The van der Waals surface area contributed by atoms with Crippen molar-refractivity contribution >= 4 is 20.4 Å². The third-order valence-electron chi connectivity index (χ3n) is 0.586. The zero-order valence-corrected chi connectivity index (χ0v) is 10.7. The van der Waals surface area contributed by atoms with Gasteiger partial charge in [-0.3, -0.25) is 6.08 Å². The van der Waals surface area contributed by atoms with Crippen LogP contribution in [0.1, 0.15) is 6.42 Å². The molecule has 0 heterocycles. The average Bonchev–Trinajstić information content (AvgIpc) is 2.71. The summed E-state index contributed by atoms with van der Waals surface area (Å²) in [6.45, 7) is 6.00. The van der Waals surface area contributed by atoms with Crippen LogP contribution in [0.25, 0.3) is 0 Å². The first-order valence-electron chi connectivity index (χ1n) is 2.58. The SMILES string of the molecule is C=O.C=O.C=O.[Br-].[C-]1=CC=CC1.[Mo+2]. The van der Waals surface area contributed by atoms with E-state index in [0.717, 1.165) is 6.42 Å². The summed E-state index contributed by atoms with van der Waals surface area (Å²) >= 11 is 0. The molecule has 0 aliphatic heterocycles. The van der Waals surface area contributed by atoms with Crippen molar-refractivity contribution < 1.29 is 52.4 Å². The average molecular weight is 331 g/mol. The van der Waals surface area contributed by atoms with Gasteiger partial charge < -0.3 is 31.4 Å². The molecule has 0 aromatic heterocycles. The van der Waals surface area contributed by atoms with Crippen LogP contribution >= 0.6 is 0 Å². The van der Waals surface area contributed by atoms with Crippen molar-refractivity contribution in [3.8, 4) is 0 Å². The van der Waals surface area contributed by atoms with Crippen molar-refractivity contribution in [1.82, 2.24) is 0 Å². The summed E-state index contributed by atoms with van der Waals surface area (Å²) in [4.78, 5) is 24.0. The van der Waals surface area contributed by atoms with E-state index in [1.54, 1.807) is 0 Å². The second-order valence-electron chi connectivity index (χ2n) is 1.00. The van der Waals surface area contributed by atoms with Gasteiger partial charge in [-0.25, -0.2) is 12.2 Å². The molecule has 0 aromatic carbocycles. The first-order valence-corrected chi connectivity index (χ1v) is 2.58. The van der Waals surface area contributed by atoms with Gasteiger partial charge in [-0.15, -0.1) is 6.42 Å². The number of carbonyl (C=O) groups is 3. The van der Waals surface area contributed by atoms with Crippen molar-refractivity contribution in [3.63, 3.8) is 0 Å². The molecule has 74 valence electrons. The fraction of sp³-hybridized carbons (Fsp3) is 0.125. The summed E-state index contributed by atoms with van der Waals surface area (Å²) in [5, 5.41) is 0. The van der Waals surface area contributed by atoms with Crippen LogP contribution < -0.4 is 17.0 Å². The van der Waals surface area contributed by atoms with Crippen LogP contribution in [0.5, 0.6) is 0 Å². The standard InChI is InChI=1S/C5H5.3CH2O.BrH.Mo/c1-2-4-5-3-1;3*1-2;;/h1-3H,4H2;3*1H2;1H;/q-1;;;;;+2/p-1. The van der Waals surface area contributed by atoms with Gasteiger partial charge in [-0.05, 0) is 0 Å². The molecule has 3 nitrogen and oxygen atoms in total. The van der Waals surface area contributed by atoms with Crippen LogP contribution in [-0.4, -0.2) is 20.4 Å². The van der Waals surface area contributed by atoms with Crippen molar-refractivity contribution in [2.75, 3.05) is 0 Å². The van der Waals surface area contributed by atoms with Gasteiger partial charge in [-0.1, -0.05) is 0 Å². The van der Waals surface area contributed by atoms with Crippen LogP contribution in [0.2, 0.25) is 0 Å². The number of hydrogen-bond acceptors (Lipinski definition) is 3. The molecule has 1 rings (SSSR count). The first kappa shape index (κ1) is 29.3. The minimum Gasteiger partial charge on any atom is -1.00 e. The smallest absolute Gasteiger partial charge is 1.00 e. The van der Waals surface area contributed by atoms with Gasteiger partial charge in [-0.2, -0.15) is 6.08 Å². The van der Waals surface area contributed by atoms with E-state index in [0.29, 0.717) is 0 Å². The van der Waals surface area contributed by atoms with Gasteiger partial charge in [0, 0.05) is 0 Å². The first-order chi connectivity index (χ1) is 5.50. The van der Waals surface area contributed by atoms with Crippen molar-refractivity contribution in [2.45, 2.75) is 6.42 Å². The number of rotatable bonds is 0. The van der Waals surface area contributed by atoms with E-state index in [9.17, 15) is 0 Å². The minimum absolute atomic E-state index is 0. The number of hydrogen-bond donors (Lipinski definition) is 0. The summed E-state index contributed by atoms with van der Waals surface area (Å²) in [5.74, 6) is 0. The van der Waals surface area contributed by atoms with Gasteiger partial charge in [0.1, 0.15) is 20.4 Å². The molecular formula is C8H11BrMoO3. The van der Waals surface area contributed by atoms with E-state index in [-0.39, 0.29) is 38.0 Å². The predicted molar refractivity (Wildman–Crippen MR) is 42.9 cm³/mol.